The largest absolute Gasteiger partial charge is 0.497 e. The molecule has 1 unspecified atom stereocenters. The number of nitrogens with one attached hydrogen (secondary N) is 1. The molecule has 0 aliphatic carbocycles. The summed E-state index contributed by atoms with van der Waals surface area (Å²) in [6.45, 7) is 5.46. The van der Waals surface area contributed by atoms with Crippen LogP contribution in [-0.2, 0) is 4.79 Å². The van der Waals surface area contributed by atoms with Crippen molar-refractivity contribution in [1.29, 1.82) is 0 Å². The molecule has 0 radical (unpaired) electrons. The number of piperidine rings is 1. The van der Waals surface area contributed by atoms with Crippen LogP contribution in [-0.4, -0.2) is 43.5 Å². The number of benzene rings is 1. The lowest BCUT2D eigenvalue weighted by atomic mass is 9.96. The smallest absolute Gasteiger partial charge is 0.289 e. The molecule has 3 rings (SSSR count). The van der Waals surface area contributed by atoms with Gasteiger partial charge in [0.15, 0.2) is 5.76 Å². The van der Waals surface area contributed by atoms with Crippen LogP contribution in [0.5, 0.6) is 5.75 Å². The maximum Gasteiger partial charge on any atom is 0.289 e. The summed E-state index contributed by atoms with van der Waals surface area (Å²) in [5.41, 5.74) is 1.47. The highest BCUT2D eigenvalue weighted by molar-refractivity contribution is 5.99. The molecule has 0 spiro atoms. The molecule has 2 amide bonds. The zero-order chi connectivity index (χ0) is 18.0. The average Bonchev–Trinajstić information content (AvgIpc) is 2.97. The van der Waals surface area contributed by atoms with Crippen molar-refractivity contribution in [2.45, 2.75) is 26.7 Å². The first-order valence-electron chi connectivity index (χ1n) is 8.69. The number of rotatable bonds is 4. The van der Waals surface area contributed by atoms with Gasteiger partial charge in [-0.3, -0.25) is 9.59 Å². The third-order valence-corrected chi connectivity index (χ3v) is 4.77. The number of furan rings is 1. The number of amides is 2. The standard InChI is InChI=1S/C19H24N2O4/c1-4-20-18(22)13-6-5-9-21(11-13)19(23)17-12(2)15-10-14(24-3)7-8-16(15)25-17/h7-8,10,13H,4-6,9,11H2,1-3H3,(H,20,22). The van der Waals surface area contributed by atoms with Crippen molar-refractivity contribution < 1.29 is 18.7 Å². The second-order valence-electron chi connectivity index (χ2n) is 6.40. The first-order chi connectivity index (χ1) is 12.0. The van der Waals surface area contributed by atoms with Crippen LogP contribution in [0.3, 0.4) is 0 Å². The van der Waals surface area contributed by atoms with E-state index in [-0.39, 0.29) is 17.7 Å². The Bertz CT molecular complexity index is 796. The van der Waals surface area contributed by atoms with E-state index in [1.165, 1.54) is 0 Å². The maximum absolute atomic E-state index is 12.9. The number of likely N-dealkylation sites (tertiary alicyclic amines) is 1. The van der Waals surface area contributed by atoms with E-state index in [1.807, 2.05) is 32.0 Å². The lowest BCUT2D eigenvalue weighted by molar-refractivity contribution is -0.126. The van der Waals surface area contributed by atoms with Gasteiger partial charge in [0.05, 0.1) is 13.0 Å². The van der Waals surface area contributed by atoms with Crippen molar-refractivity contribution in [2.75, 3.05) is 26.7 Å². The van der Waals surface area contributed by atoms with Gasteiger partial charge in [-0.15, -0.1) is 0 Å². The van der Waals surface area contributed by atoms with Crippen LogP contribution in [0.4, 0.5) is 0 Å². The summed E-state index contributed by atoms with van der Waals surface area (Å²) in [5, 5.41) is 3.72. The van der Waals surface area contributed by atoms with Crippen LogP contribution >= 0.6 is 0 Å². The molecule has 1 aliphatic rings. The summed E-state index contributed by atoms with van der Waals surface area (Å²) in [7, 11) is 1.61. The zero-order valence-corrected chi connectivity index (χ0v) is 14.9. The Kier molecular flexibility index (Phi) is 4.97. The van der Waals surface area contributed by atoms with E-state index in [2.05, 4.69) is 5.32 Å². The molecule has 2 heterocycles. The lowest BCUT2D eigenvalue weighted by Crippen LogP contribution is -2.45. The number of carbonyl (C=O) groups excluding carboxylic acids is 2. The molecule has 1 fully saturated rings. The Hall–Kier alpha value is -2.50. The van der Waals surface area contributed by atoms with Gasteiger partial charge in [0.1, 0.15) is 11.3 Å². The van der Waals surface area contributed by atoms with Gasteiger partial charge in [-0.2, -0.15) is 0 Å². The highest BCUT2D eigenvalue weighted by Gasteiger charge is 2.31. The predicted octanol–water partition coefficient (Wildman–Crippen LogP) is 2.74. The quantitative estimate of drug-likeness (QED) is 0.926. The van der Waals surface area contributed by atoms with Crippen LogP contribution in [0.1, 0.15) is 35.9 Å². The summed E-state index contributed by atoms with van der Waals surface area (Å²) in [4.78, 5) is 26.8. The summed E-state index contributed by atoms with van der Waals surface area (Å²) in [6.07, 6.45) is 1.63. The second-order valence-corrected chi connectivity index (χ2v) is 6.40. The monoisotopic (exact) mass is 344 g/mol. The second kappa shape index (κ2) is 7.17. The Morgan fingerprint density at radius 1 is 1.40 bits per heavy atom. The highest BCUT2D eigenvalue weighted by Crippen LogP contribution is 2.30. The molecule has 1 atom stereocenters. The van der Waals surface area contributed by atoms with E-state index in [1.54, 1.807) is 12.0 Å². The summed E-state index contributed by atoms with van der Waals surface area (Å²) < 4.78 is 11.1. The molecule has 2 aromatic rings. The molecule has 1 N–H and O–H groups in total. The minimum Gasteiger partial charge on any atom is -0.497 e. The number of hydrogen-bond acceptors (Lipinski definition) is 4. The van der Waals surface area contributed by atoms with Gasteiger partial charge < -0.3 is 19.4 Å². The Morgan fingerprint density at radius 3 is 2.92 bits per heavy atom. The summed E-state index contributed by atoms with van der Waals surface area (Å²) in [5.74, 6) is 0.791. The molecule has 1 saturated heterocycles. The molecule has 0 bridgehead atoms. The molecule has 6 heteroatoms. The lowest BCUT2D eigenvalue weighted by Gasteiger charge is -2.31. The van der Waals surface area contributed by atoms with Crippen LogP contribution in [0, 0.1) is 12.8 Å². The van der Waals surface area contributed by atoms with Gasteiger partial charge in [0.2, 0.25) is 5.91 Å². The van der Waals surface area contributed by atoms with Gasteiger partial charge in [-0.05, 0) is 44.9 Å². The van der Waals surface area contributed by atoms with E-state index in [0.717, 1.165) is 29.5 Å². The molecule has 1 aromatic carbocycles. The normalized spacial score (nSPS) is 17.6. The van der Waals surface area contributed by atoms with E-state index in [4.69, 9.17) is 9.15 Å². The van der Waals surface area contributed by atoms with Crippen LogP contribution < -0.4 is 10.1 Å². The average molecular weight is 344 g/mol. The van der Waals surface area contributed by atoms with E-state index >= 15 is 0 Å². The van der Waals surface area contributed by atoms with E-state index < -0.39 is 0 Å². The van der Waals surface area contributed by atoms with Crippen molar-refractivity contribution in [1.82, 2.24) is 10.2 Å². The van der Waals surface area contributed by atoms with Gasteiger partial charge in [0.25, 0.3) is 5.91 Å². The van der Waals surface area contributed by atoms with Crippen molar-refractivity contribution >= 4 is 22.8 Å². The fourth-order valence-corrected chi connectivity index (χ4v) is 3.37. The van der Waals surface area contributed by atoms with E-state index in [0.29, 0.717) is 31.0 Å². The fourth-order valence-electron chi connectivity index (χ4n) is 3.37. The van der Waals surface area contributed by atoms with Crippen molar-refractivity contribution in [3.8, 4) is 5.75 Å². The van der Waals surface area contributed by atoms with Crippen LogP contribution in [0.25, 0.3) is 11.0 Å². The van der Waals surface area contributed by atoms with Gasteiger partial charge in [0, 0.05) is 30.6 Å². The molecule has 134 valence electrons. The molecule has 6 nitrogen and oxygen atoms in total. The van der Waals surface area contributed by atoms with E-state index in [9.17, 15) is 9.59 Å². The predicted molar refractivity (Wildman–Crippen MR) is 94.8 cm³/mol. The van der Waals surface area contributed by atoms with Gasteiger partial charge in [-0.25, -0.2) is 0 Å². The molecular weight excluding hydrogens is 320 g/mol. The first kappa shape index (κ1) is 17.3. The minimum absolute atomic E-state index is 0.0195. The van der Waals surface area contributed by atoms with Crippen molar-refractivity contribution in [3.05, 3.63) is 29.5 Å². The summed E-state index contributed by atoms with van der Waals surface area (Å²) >= 11 is 0. The van der Waals surface area contributed by atoms with Crippen LogP contribution in [0.15, 0.2) is 22.6 Å². The van der Waals surface area contributed by atoms with Gasteiger partial charge >= 0.3 is 0 Å². The number of nitrogens with zero attached hydrogens (tertiary/aromatic N) is 1. The SMILES string of the molecule is CCNC(=O)C1CCCN(C(=O)c2oc3ccc(OC)cc3c2C)C1. The van der Waals surface area contributed by atoms with Gasteiger partial charge in [-0.1, -0.05) is 0 Å². The van der Waals surface area contributed by atoms with Crippen molar-refractivity contribution in [2.24, 2.45) is 5.92 Å². The third kappa shape index (κ3) is 3.34. The molecule has 1 aliphatic heterocycles. The number of carbonyl (C=O) groups is 2. The Balaban J connectivity index is 1.84. The number of hydrogen-bond donors (Lipinski definition) is 1. The fraction of sp³-hybridized carbons (Fsp3) is 0.474. The molecule has 1 aromatic heterocycles. The van der Waals surface area contributed by atoms with Crippen molar-refractivity contribution in [3.63, 3.8) is 0 Å². The number of fused-ring (bicyclic) bond motifs is 1. The van der Waals surface area contributed by atoms with Crippen LogP contribution in [0.2, 0.25) is 0 Å². The summed E-state index contributed by atoms with van der Waals surface area (Å²) in [6, 6.07) is 5.50. The minimum atomic E-state index is -0.151. The number of aryl methyl sites for hydroxylation is 1. The molecule has 0 saturated carbocycles. The number of methoxy groups -OCH3 is 1. The Labute approximate surface area is 147 Å². The first-order valence-corrected chi connectivity index (χ1v) is 8.69. The number of ether oxygens (including phenoxy) is 1. The topological polar surface area (TPSA) is 71.8 Å². The Morgan fingerprint density at radius 2 is 2.20 bits per heavy atom. The molecule has 25 heavy (non-hydrogen) atoms. The zero-order valence-electron chi connectivity index (χ0n) is 14.9. The third-order valence-electron chi connectivity index (χ3n) is 4.77. The highest BCUT2D eigenvalue weighted by atomic mass is 16.5. The molecular formula is C19H24N2O4. The maximum atomic E-state index is 12.9.